The Bertz CT molecular complexity index is 1340. The summed E-state index contributed by atoms with van der Waals surface area (Å²) in [7, 11) is 1.56. The third-order valence-corrected chi connectivity index (χ3v) is 4.64. The second kappa shape index (κ2) is 5.87. The van der Waals surface area contributed by atoms with Crippen LogP contribution in [0.15, 0.2) is 52.2 Å². The van der Waals surface area contributed by atoms with Crippen LogP contribution in [0.2, 0.25) is 0 Å². The molecule has 3 N–H and O–H groups in total. The summed E-state index contributed by atoms with van der Waals surface area (Å²) in [5, 5.41) is 0.161. The molecule has 8 nitrogen and oxygen atoms in total. The van der Waals surface area contributed by atoms with Crippen molar-refractivity contribution in [2.24, 2.45) is 0 Å². The van der Waals surface area contributed by atoms with Gasteiger partial charge < -0.3 is 20.0 Å². The molecule has 0 aliphatic carbocycles. The number of ketones is 1. The standard InChI is InChI=1S/C19H16N4O4/c1-10-15(22-8-4-3-5-14(22)17(10)27-2)16(24)11-6-7-13-12(9-11)18(25)23(20)19(26)21-13/h3-9H,20H2,1-2H3,(H,21,26). The third-order valence-electron chi connectivity index (χ3n) is 4.64. The summed E-state index contributed by atoms with van der Waals surface area (Å²) in [6.45, 7) is 1.81. The Hall–Kier alpha value is -3.81. The van der Waals surface area contributed by atoms with E-state index in [0.29, 0.717) is 32.8 Å². The molecule has 136 valence electrons. The number of pyridine rings is 1. The number of aromatic nitrogens is 3. The lowest BCUT2D eigenvalue weighted by atomic mass is 10.0. The van der Waals surface area contributed by atoms with Gasteiger partial charge in [-0.25, -0.2) is 4.79 Å². The number of fused-ring (bicyclic) bond motifs is 2. The highest BCUT2D eigenvalue weighted by Crippen LogP contribution is 2.31. The molecule has 3 heterocycles. The summed E-state index contributed by atoms with van der Waals surface area (Å²) in [5.74, 6) is 5.81. The van der Waals surface area contributed by atoms with Crippen LogP contribution in [0.4, 0.5) is 0 Å². The van der Waals surface area contributed by atoms with Crippen LogP contribution in [0.3, 0.4) is 0 Å². The van der Waals surface area contributed by atoms with E-state index in [1.54, 1.807) is 23.8 Å². The number of hydrogen-bond donors (Lipinski definition) is 2. The average Bonchev–Trinajstić information content (AvgIpc) is 2.96. The minimum atomic E-state index is -0.718. The molecule has 27 heavy (non-hydrogen) atoms. The fourth-order valence-electron chi connectivity index (χ4n) is 3.35. The first-order valence-corrected chi connectivity index (χ1v) is 8.16. The van der Waals surface area contributed by atoms with Crippen molar-refractivity contribution in [1.29, 1.82) is 0 Å². The highest BCUT2D eigenvalue weighted by Gasteiger charge is 2.22. The number of methoxy groups -OCH3 is 1. The van der Waals surface area contributed by atoms with Crippen molar-refractivity contribution < 1.29 is 9.53 Å². The first-order valence-electron chi connectivity index (χ1n) is 8.16. The molecule has 0 saturated carbocycles. The quantitative estimate of drug-likeness (QED) is 0.419. The van der Waals surface area contributed by atoms with Crippen LogP contribution in [0, 0.1) is 6.92 Å². The minimum absolute atomic E-state index is 0.161. The van der Waals surface area contributed by atoms with E-state index >= 15 is 0 Å². The van der Waals surface area contributed by atoms with Crippen LogP contribution < -0.4 is 21.8 Å². The Morgan fingerprint density at radius 2 is 1.96 bits per heavy atom. The van der Waals surface area contributed by atoms with Crippen LogP contribution in [0.5, 0.6) is 5.75 Å². The van der Waals surface area contributed by atoms with Gasteiger partial charge in [-0.05, 0) is 37.3 Å². The average molecular weight is 364 g/mol. The second-order valence-corrected chi connectivity index (χ2v) is 6.16. The lowest BCUT2D eigenvalue weighted by Gasteiger charge is -2.06. The zero-order valence-corrected chi connectivity index (χ0v) is 14.6. The maximum atomic E-state index is 13.2. The number of carbonyl (C=O) groups is 1. The van der Waals surface area contributed by atoms with E-state index in [-0.39, 0.29) is 11.2 Å². The maximum absolute atomic E-state index is 13.2. The molecule has 0 saturated heterocycles. The van der Waals surface area contributed by atoms with Gasteiger partial charge in [0.15, 0.2) is 0 Å². The van der Waals surface area contributed by atoms with Gasteiger partial charge in [-0.3, -0.25) is 9.59 Å². The second-order valence-electron chi connectivity index (χ2n) is 6.16. The number of nitrogens with one attached hydrogen (secondary N) is 1. The minimum Gasteiger partial charge on any atom is -0.494 e. The lowest BCUT2D eigenvalue weighted by molar-refractivity contribution is 0.103. The number of nitrogens with two attached hydrogens (primary N) is 1. The largest absolute Gasteiger partial charge is 0.494 e. The fraction of sp³-hybridized carbons (Fsp3) is 0.105. The van der Waals surface area contributed by atoms with Crippen molar-refractivity contribution in [1.82, 2.24) is 14.1 Å². The first-order chi connectivity index (χ1) is 12.9. The molecule has 8 heteroatoms. The van der Waals surface area contributed by atoms with E-state index in [0.717, 1.165) is 5.52 Å². The van der Waals surface area contributed by atoms with Crippen LogP contribution in [-0.2, 0) is 0 Å². The number of hydrogen-bond acceptors (Lipinski definition) is 5. The zero-order valence-electron chi connectivity index (χ0n) is 14.6. The van der Waals surface area contributed by atoms with E-state index in [1.807, 2.05) is 25.1 Å². The predicted molar refractivity (Wildman–Crippen MR) is 101 cm³/mol. The van der Waals surface area contributed by atoms with E-state index in [1.165, 1.54) is 12.1 Å². The third kappa shape index (κ3) is 2.34. The van der Waals surface area contributed by atoms with Gasteiger partial charge in [0.25, 0.3) is 5.56 Å². The fourth-order valence-corrected chi connectivity index (χ4v) is 3.35. The first kappa shape index (κ1) is 16.6. The molecule has 0 atom stereocenters. The lowest BCUT2D eigenvalue weighted by Crippen LogP contribution is -2.40. The number of nitrogen functional groups attached to an aromatic ring is 1. The Kier molecular flexibility index (Phi) is 3.62. The Balaban J connectivity index is 1.97. The van der Waals surface area contributed by atoms with Gasteiger partial charge in [0.1, 0.15) is 11.4 Å². The smallest absolute Gasteiger partial charge is 0.347 e. The summed E-state index contributed by atoms with van der Waals surface area (Å²) in [6.07, 6.45) is 1.78. The van der Waals surface area contributed by atoms with E-state index in [9.17, 15) is 14.4 Å². The molecule has 0 bridgehead atoms. The molecular formula is C19H16N4O4. The summed E-state index contributed by atoms with van der Waals surface area (Å²) in [5.41, 5.74) is 1.15. The number of carbonyl (C=O) groups excluding carboxylic acids is 1. The van der Waals surface area contributed by atoms with Crippen LogP contribution in [0.1, 0.15) is 21.6 Å². The van der Waals surface area contributed by atoms with Crippen LogP contribution in [-0.4, -0.2) is 27.0 Å². The number of ether oxygens (including phenoxy) is 1. The van der Waals surface area contributed by atoms with Crippen LogP contribution in [0.25, 0.3) is 16.4 Å². The van der Waals surface area contributed by atoms with Gasteiger partial charge >= 0.3 is 5.69 Å². The van der Waals surface area contributed by atoms with Gasteiger partial charge in [-0.15, -0.1) is 0 Å². The Morgan fingerprint density at radius 1 is 1.19 bits per heavy atom. The van der Waals surface area contributed by atoms with E-state index < -0.39 is 11.2 Å². The monoisotopic (exact) mass is 364 g/mol. The predicted octanol–water partition coefficient (Wildman–Crippen LogP) is 1.20. The Morgan fingerprint density at radius 3 is 2.70 bits per heavy atom. The zero-order chi connectivity index (χ0) is 19.3. The van der Waals surface area contributed by atoms with Crippen molar-refractivity contribution >= 4 is 22.2 Å². The Labute approximate surface area is 152 Å². The van der Waals surface area contributed by atoms with Gasteiger partial charge in [0.05, 0.1) is 23.5 Å². The number of aromatic amines is 1. The summed E-state index contributed by atoms with van der Waals surface area (Å²) < 4.78 is 7.70. The van der Waals surface area contributed by atoms with Crippen molar-refractivity contribution in [3.63, 3.8) is 0 Å². The van der Waals surface area contributed by atoms with Gasteiger partial charge in [0, 0.05) is 17.3 Å². The number of H-pyrrole nitrogens is 1. The van der Waals surface area contributed by atoms with E-state index in [4.69, 9.17) is 10.6 Å². The summed E-state index contributed by atoms with van der Waals surface area (Å²) >= 11 is 0. The SMILES string of the molecule is COc1c(C)c(C(=O)c2ccc3[nH]c(=O)n(N)c(=O)c3c2)n2ccccc12. The van der Waals surface area contributed by atoms with Crippen LogP contribution >= 0.6 is 0 Å². The molecule has 0 aliphatic rings. The number of rotatable bonds is 3. The molecule has 1 aromatic carbocycles. The topological polar surface area (TPSA) is 112 Å². The molecule has 4 rings (SSSR count). The van der Waals surface area contributed by atoms with Crippen molar-refractivity contribution in [3.05, 3.63) is 80.3 Å². The molecule has 3 aromatic heterocycles. The van der Waals surface area contributed by atoms with Crippen molar-refractivity contribution in [3.8, 4) is 5.75 Å². The molecule has 0 amide bonds. The molecule has 0 fully saturated rings. The van der Waals surface area contributed by atoms with Gasteiger partial charge in [-0.1, -0.05) is 6.07 Å². The molecular weight excluding hydrogens is 348 g/mol. The van der Waals surface area contributed by atoms with Crippen molar-refractivity contribution in [2.45, 2.75) is 6.92 Å². The summed E-state index contributed by atoms with van der Waals surface area (Å²) in [4.78, 5) is 39.6. The molecule has 0 aliphatic heterocycles. The highest BCUT2D eigenvalue weighted by atomic mass is 16.5. The van der Waals surface area contributed by atoms with E-state index in [2.05, 4.69) is 4.98 Å². The summed E-state index contributed by atoms with van der Waals surface area (Å²) in [6, 6.07) is 10.1. The normalized spacial score (nSPS) is 11.2. The van der Waals surface area contributed by atoms with Gasteiger partial charge in [0.2, 0.25) is 5.78 Å². The van der Waals surface area contributed by atoms with Gasteiger partial charge in [-0.2, -0.15) is 4.68 Å². The van der Waals surface area contributed by atoms with Crippen molar-refractivity contribution in [2.75, 3.05) is 13.0 Å². The molecule has 0 spiro atoms. The highest BCUT2D eigenvalue weighted by molar-refractivity contribution is 6.11. The maximum Gasteiger partial charge on any atom is 0.347 e. The molecule has 0 radical (unpaired) electrons. The molecule has 4 aromatic rings. The molecule has 0 unspecified atom stereocenters. The number of benzene rings is 1. The number of nitrogens with zero attached hydrogens (tertiary/aromatic N) is 2.